The van der Waals surface area contributed by atoms with Crippen molar-refractivity contribution < 1.29 is 18.7 Å². The summed E-state index contributed by atoms with van der Waals surface area (Å²) in [5.74, 6) is -0.385. The van der Waals surface area contributed by atoms with Crippen LogP contribution < -0.4 is 5.32 Å². The Morgan fingerprint density at radius 1 is 1.28 bits per heavy atom. The second-order valence-corrected chi connectivity index (χ2v) is 6.73. The van der Waals surface area contributed by atoms with E-state index in [1.165, 1.54) is 31.6 Å². The minimum atomic E-state index is -0.489. The minimum absolute atomic E-state index is 0.329. The molecular weight excluding hydrogens is 377 g/mol. The van der Waals surface area contributed by atoms with Crippen LogP contribution in [0.25, 0.3) is 10.9 Å². The molecule has 1 fully saturated rings. The number of hydrogen-bond donors (Lipinski definition) is 1. The van der Waals surface area contributed by atoms with Crippen molar-refractivity contribution in [1.29, 1.82) is 0 Å². The predicted octanol–water partition coefficient (Wildman–Crippen LogP) is 2.43. The van der Waals surface area contributed by atoms with E-state index in [9.17, 15) is 9.18 Å². The lowest BCUT2D eigenvalue weighted by atomic mass is 10.2. The Hall–Kier alpha value is -3.04. The number of hydrogen-bond acceptors (Lipinski definition) is 7. The summed E-state index contributed by atoms with van der Waals surface area (Å²) in [5.41, 5.74) is 1.59. The standard InChI is InChI=1S/C20H22FN5O3/c1-28-20(27)15-4-5-22-13-17(15)23-19-16-12-14(21)2-3-18(16)26(24-19)7-6-25-8-10-29-11-9-25/h2-5,12-13H,6-11H2,1H3,(H,23,24). The Morgan fingerprint density at radius 2 is 2.10 bits per heavy atom. The fraction of sp³-hybridized carbons (Fsp3) is 0.350. The second-order valence-electron chi connectivity index (χ2n) is 6.73. The zero-order valence-corrected chi connectivity index (χ0v) is 16.1. The van der Waals surface area contributed by atoms with E-state index >= 15 is 0 Å². The van der Waals surface area contributed by atoms with Gasteiger partial charge in [-0.2, -0.15) is 5.10 Å². The zero-order valence-electron chi connectivity index (χ0n) is 16.1. The number of aromatic nitrogens is 3. The van der Waals surface area contributed by atoms with Crippen LogP contribution in [0.3, 0.4) is 0 Å². The smallest absolute Gasteiger partial charge is 0.340 e. The Bertz CT molecular complexity index is 1020. The number of rotatable bonds is 6. The number of anilines is 2. The van der Waals surface area contributed by atoms with Crippen LogP contribution in [0.5, 0.6) is 0 Å². The molecule has 0 aliphatic carbocycles. The zero-order chi connectivity index (χ0) is 20.2. The lowest BCUT2D eigenvalue weighted by molar-refractivity contribution is 0.0361. The summed E-state index contributed by atoms with van der Waals surface area (Å²) in [6, 6.07) is 6.13. The first-order valence-corrected chi connectivity index (χ1v) is 9.41. The maximum atomic E-state index is 13.9. The maximum Gasteiger partial charge on any atom is 0.340 e. The molecule has 0 atom stereocenters. The van der Waals surface area contributed by atoms with Crippen LogP contribution in [-0.2, 0) is 16.0 Å². The van der Waals surface area contributed by atoms with E-state index in [1.54, 1.807) is 12.1 Å². The van der Waals surface area contributed by atoms with Gasteiger partial charge in [0.05, 0.1) is 49.8 Å². The molecule has 2 aromatic heterocycles. The van der Waals surface area contributed by atoms with Gasteiger partial charge < -0.3 is 14.8 Å². The van der Waals surface area contributed by atoms with Crippen molar-refractivity contribution in [2.45, 2.75) is 6.54 Å². The SMILES string of the molecule is COC(=O)c1ccncc1Nc1nn(CCN2CCOCC2)c2ccc(F)cc12. The molecule has 0 radical (unpaired) electrons. The third-order valence-corrected chi connectivity index (χ3v) is 4.92. The van der Waals surface area contributed by atoms with E-state index in [1.807, 2.05) is 4.68 Å². The predicted molar refractivity (Wildman–Crippen MR) is 106 cm³/mol. The summed E-state index contributed by atoms with van der Waals surface area (Å²) in [4.78, 5) is 18.4. The van der Waals surface area contributed by atoms with Gasteiger partial charge in [0.15, 0.2) is 5.82 Å². The van der Waals surface area contributed by atoms with Gasteiger partial charge in [-0.1, -0.05) is 0 Å². The van der Waals surface area contributed by atoms with Crippen molar-refractivity contribution in [2.75, 3.05) is 45.3 Å². The molecule has 1 aliphatic rings. The molecule has 8 nitrogen and oxygen atoms in total. The Labute approximate surface area is 167 Å². The molecule has 29 heavy (non-hydrogen) atoms. The van der Waals surface area contributed by atoms with Crippen LogP contribution in [0.2, 0.25) is 0 Å². The van der Waals surface area contributed by atoms with E-state index in [2.05, 4.69) is 20.3 Å². The molecule has 0 amide bonds. The highest BCUT2D eigenvalue weighted by Gasteiger charge is 2.17. The third-order valence-electron chi connectivity index (χ3n) is 4.92. The maximum absolute atomic E-state index is 13.9. The van der Waals surface area contributed by atoms with Gasteiger partial charge in [-0.3, -0.25) is 14.6 Å². The Morgan fingerprint density at radius 3 is 2.90 bits per heavy atom. The topological polar surface area (TPSA) is 81.5 Å². The van der Waals surface area contributed by atoms with Crippen LogP contribution in [-0.4, -0.2) is 65.6 Å². The largest absolute Gasteiger partial charge is 0.465 e. The summed E-state index contributed by atoms with van der Waals surface area (Å²) in [6.07, 6.45) is 3.03. The van der Waals surface area contributed by atoms with E-state index in [-0.39, 0.29) is 5.82 Å². The van der Waals surface area contributed by atoms with Gasteiger partial charge in [0, 0.05) is 31.2 Å². The average Bonchev–Trinajstić information content (AvgIpc) is 3.09. The number of ether oxygens (including phenoxy) is 2. The lowest BCUT2D eigenvalue weighted by Gasteiger charge is -2.26. The van der Waals surface area contributed by atoms with E-state index in [4.69, 9.17) is 9.47 Å². The van der Waals surface area contributed by atoms with Crippen molar-refractivity contribution in [3.05, 3.63) is 48.0 Å². The van der Waals surface area contributed by atoms with Crippen molar-refractivity contribution in [2.24, 2.45) is 0 Å². The second kappa shape index (κ2) is 8.54. The molecule has 3 heterocycles. The molecule has 0 saturated carbocycles. The van der Waals surface area contributed by atoms with Crippen molar-refractivity contribution in [3.63, 3.8) is 0 Å². The number of pyridine rings is 1. The van der Waals surface area contributed by atoms with Gasteiger partial charge in [0.2, 0.25) is 0 Å². The van der Waals surface area contributed by atoms with E-state index < -0.39 is 5.97 Å². The highest BCUT2D eigenvalue weighted by molar-refractivity contribution is 5.98. The summed E-state index contributed by atoms with van der Waals surface area (Å²) < 4.78 is 26.0. The first-order chi connectivity index (χ1) is 14.2. The number of benzene rings is 1. The molecule has 1 aliphatic heterocycles. The molecule has 0 unspecified atom stereocenters. The summed E-state index contributed by atoms with van der Waals surface area (Å²) in [5, 5.41) is 8.39. The van der Waals surface area contributed by atoms with Crippen molar-refractivity contribution in [3.8, 4) is 0 Å². The van der Waals surface area contributed by atoms with Gasteiger partial charge >= 0.3 is 5.97 Å². The van der Waals surface area contributed by atoms with Crippen LogP contribution in [0.4, 0.5) is 15.9 Å². The summed E-state index contributed by atoms with van der Waals surface area (Å²) in [7, 11) is 1.32. The molecule has 0 bridgehead atoms. The number of morpholine rings is 1. The molecule has 1 N–H and O–H groups in total. The Kier molecular flexibility index (Phi) is 5.68. The van der Waals surface area contributed by atoms with Gasteiger partial charge in [0.25, 0.3) is 0 Å². The molecule has 0 spiro atoms. The van der Waals surface area contributed by atoms with Crippen LogP contribution in [0.1, 0.15) is 10.4 Å². The van der Waals surface area contributed by atoms with Crippen molar-refractivity contribution in [1.82, 2.24) is 19.7 Å². The number of halogens is 1. The number of nitrogens with zero attached hydrogens (tertiary/aromatic N) is 4. The molecule has 9 heteroatoms. The van der Waals surface area contributed by atoms with Crippen LogP contribution >= 0.6 is 0 Å². The quantitative estimate of drug-likeness (QED) is 0.638. The lowest BCUT2D eigenvalue weighted by Crippen LogP contribution is -2.38. The van der Waals surface area contributed by atoms with Gasteiger partial charge in [0.1, 0.15) is 5.82 Å². The summed E-state index contributed by atoms with van der Waals surface area (Å²) in [6.45, 7) is 4.70. The molecule has 152 valence electrons. The number of esters is 1. The fourth-order valence-electron chi connectivity index (χ4n) is 3.38. The van der Waals surface area contributed by atoms with E-state index in [0.717, 1.165) is 38.4 Å². The van der Waals surface area contributed by atoms with Crippen molar-refractivity contribution >= 4 is 28.4 Å². The Balaban J connectivity index is 1.64. The number of fused-ring (bicyclic) bond motifs is 1. The first-order valence-electron chi connectivity index (χ1n) is 9.41. The monoisotopic (exact) mass is 399 g/mol. The summed E-state index contributed by atoms with van der Waals surface area (Å²) >= 11 is 0. The number of carbonyl (C=O) groups excluding carboxylic acids is 1. The van der Waals surface area contributed by atoms with Crippen LogP contribution in [0, 0.1) is 5.82 Å². The number of methoxy groups -OCH3 is 1. The minimum Gasteiger partial charge on any atom is -0.465 e. The van der Waals surface area contributed by atoms with E-state index in [0.29, 0.717) is 29.0 Å². The normalized spacial score (nSPS) is 14.8. The van der Waals surface area contributed by atoms with Gasteiger partial charge in [-0.05, 0) is 24.3 Å². The molecule has 3 aromatic rings. The first kappa shape index (κ1) is 19.3. The number of carbonyl (C=O) groups is 1. The highest BCUT2D eigenvalue weighted by Crippen LogP contribution is 2.28. The molecule has 1 aromatic carbocycles. The molecular formula is C20H22FN5O3. The third kappa shape index (κ3) is 4.20. The highest BCUT2D eigenvalue weighted by atomic mass is 19.1. The number of nitrogens with one attached hydrogen (secondary N) is 1. The van der Waals surface area contributed by atoms with Gasteiger partial charge in [-0.15, -0.1) is 0 Å². The molecule has 1 saturated heterocycles. The van der Waals surface area contributed by atoms with Crippen LogP contribution in [0.15, 0.2) is 36.7 Å². The fourth-order valence-corrected chi connectivity index (χ4v) is 3.38. The van der Waals surface area contributed by atoms with Gasteiger partial charge in [-0.25, -0.2) is 9.18 Å². The average molecular weight is 399 g/mol. The molecule has 4 rings (SSSR count).